The van der Waals surface area contributed by atoms with E-state index in [1.54, 1.807) is 13.4 Å². The highest BCUT2D eigenvalue weighted by Crippen LogP contribution is 2.22. The van der Waals surface area contributed by atoms with E-state index < -0.39 is 0 Å². The average Bonchev–Trinajstić information content (AvgIpc) is 2.71. The summed E-state index contributed by atoms with van der Waals surface area (Å²) >= 11 is 0. The van der Waals surface area contributed by atoms with E-state index in [0.29, 0.717) is 0 Å². The van der Waals surface area contributed by atoms with Crippen LogP contribution in [0, 0.1) is 0 Å². The summed E-state index contributed by atoms with van der Waals surface area (Å²) in [7, 11) is 1.67. The van der Waals surface area contributed by atoms with Gasteiger partial charge in [-0.25, -0.2) is 9.97 Å². The van der Waals surface area contributed by atoms with Gasteiger partial charge in [-0.2, -0.15) is 0 Å². The highest BCUT2D eigenvalue weighted by Gasteiger charge is 2.19. The van der Waals surface area contributed by atoms with Gasteiger partial charge in [0.15, 0.2) is 0 Å². The van der Waals surface area contributed by atoms with Crippen LogP contribution in [0.3, 0.4) is 0 Å². The smallest absolute Gasteiger partial charge is 0.219 e. The maximum absolute atomic E-state index is 5.34. The lowest BCUT2D eigenvalue weighted by atomic mass is 10.1. The van der Waals surface area contributed by atoms with Gasteiger partial charge in [0.05, 0.1) is 18.5 Å². The largest absolute Gasteiger partial charge is 0.481 e. The molecule has 0 amide bonds. The van der Waals surface area contributed by atoms with Crippen molar-refractivity contribution in [1.29, 1.82) is 0 Å². The van der Waals surface area contributed by atoms with Crippen LogP contribution in [0.2, 0.25) is 0 Å². The van der Waals surface area contributed by atoms with Crippen LogP contribution in [-0.4, -0.2) is 40.1 Å². The van der Waals surface area contributed by atoms with E-state index in [2.05, 4.69) is 25.9 Å². The Balaban J connectivity index is 1.73. The van der Waals surface area contributed by atoms with Gasteiger partial charge in [-0.1, -0.05) is 6.07 Å². The maximum atomic E-state index is 5.34. The summed E-state index contributed by atoms with van der Waals surface area (Å²) in [5.41, 5.74) is 3.37. The molecular weight excluding hydrogens is 252 g/mol. The van der Waals surface area contributed by atoms with Gasteiger partial charge in [0.1, 0.15) is 6.33 Å². The molecule has 104 valence electrons. The first-order valence-electron chi connectivity index (χ1n) is 6.86. The molecule has 20 heavy (non-hydrogen) atoms. The second-order valence-corrected chi connectivity index (χ2v) is 4.91. The van der Waals surface area contributed by atoms with Gasteiger partial charge in [0.25, 0.3) is 0 Å². The molecule has 0 N–H and O–H groups in total. The predicted octanol–water partition coefficient (Wildman–Crippen LogP) is 1.48. The Bertz CT molecular complexity index is 573. The zero-order valence-corrected chi connectivity index (χ0v) is 11.6. The van der Waals surface area contributed by atoms with Gasteiger partial charge in [-0.15, -0.1) is 0 Å². The summed E-state index contributed by atoms with van der Waals surface area (Å²) in [5.74, 6) is 0.717. The second-order valence-electron chi connectivity index (χ2n) is 4.91. The van der Waals surface area contributed by atoms with E-state index in [1.807, 2.05) is 18.3 Å². The fourth-order valence-corrected chi connectivity index (χ4v) is 2.60. The van der Waals surface area contributed by atoms with Crippen molar-refractivity contribution in [3.63, 3.8) is 0 Å². The van der Waals surface area contributed by atoms with Crippen LogP contribution in [0.25, 0.3) is 0 Å². The predicted molar refractivity (Wildman–Crippen MR) is 75.5 cm³/mol. The summed E-state index contributed by atoms with van der Waals surface area (Å²) < 4.78 is 5.34. The first kappa shape index (κ1) is 13.0. The number of hydrogen-bond donors (Lipinski definition) is 0. The van der Waals surface area contributed by atoms with Gasteiger partial charge < -0.3 is 4.74 Å². The number of ether oxygens (including phenoxy) is 1. The van der Waals surface area contributed by atoms with Crippen LogP contribution in [0.4, 0.5) is 0 Å². The SMILES string of the molecule is COc1ncnc2c1CCN(Cc1ccccn1)CC2. The topological polar surface area (TPSA) is 51.1 Å². The van der Waals surface area contributed by atoms with E-state index in [0.717, 1.165) is 55.3 Å². The second kappa shape index (κ2) is 5.96. The monoisotopic (exact) mass is 270 g/mol. The number of nitrogens with zero attached hydrogens (tertiary/aromatic N) is 4. The molecule has 2 aromatic heterocycles. The van der Waals surface area contributed by atoms with Crippen LogP contribution >= 0.6 is 0 Å². The molecule has 3 heterocycles. The number of aromatic nitrogens is 3. The zero-order valence-electron chi connectivity index (χ0n) is 11.6. The van der Waals surface area contributed by atoms with Crippen LogP contribution in [0.5, 0.6) is 5.88 Å². The molecular formula is C15H18N4O. The molecule has 0 atom stereocenters. The van der Waals surface area contributed by atoms with Crippen molar-refractivity contribution < 1.29 is 4.74 Å². The molecule has 0 saturated heterocycles. The summed E-state index contributed by atoms with van der Waals surface area (Å²) in [6, 6.07) is 6.05. The summed E-state index contributed by atoms with van der Waals surface area (Å²) in [6.45, 7) is 2.85. The lowest BCUT2D eigenvalue weighted by molar-refractivity contribution is 0.275. The van der Waals surface area contributed by atoms with Crippen molar-refractivity contribution in [2.45, 2.75) is 19.4 Å². The molecule has 0 unspecified atom stereocenters. The van der Waals surface area contributed by atoms with Gasteiger partial charge in [-0.3, -0.25) is 9.88 Å². The zero-order chi connectivity index (χ0) is 13.8. The lowest BCUT2D eigenvalue weighted by Gasteiger charge is -2.18. The third-order valence-corrected chi connectivity index (χ3v) is 3.64. The summed E-state index contributed by atoms with van der Waals surface area (Å²) in [5, 5.41) is 0. The Kier molecular flexibility index (Phi) is 3.87. The molecule has 3 rings (SSSR count). The molecule has 0 radical (unpaired) electrons. The number of pyridine rings is 1. The molecule has 1 aliphatic heterocycles. The Morgan fingerprint density at radius 3 is 2.85 bits per heavy atom. The molecule has 5 nitrogen and oxygen atoms in total. The molecule has 0 saturated carbocycles. The van der Waals surface area contributed by atoms with E-state index in [9.17, 15) is 0 Å². The molecule has 0 spiro atoms. The standard InChI is InChI=1S/C15H18N4O/c1-20-15-13-5-8-19(9-6-14(13)17-11-18-15)10-12-4-2-3-7-16-12/h2-4,7,11H,5-6,8-10H2,1H3. The minimum atomic E-state index is 0.717. The number of hydrogen-bond acceptors (Lipinski definition) is 5. The molecule has 1 aliphatic rings. The fourth-order valence-electron chi connectivity index (χ4n) is 2.60. The van der Waals surface area contributed by atoms with Crippen molar-refractivity contribution in [2.75, 3.05) is 20.2 Å². The van der Waals surface area contributed by atoms with Crippen LogP contribution in [0.15, 0.2) is 30.7 Å². The van der Waals surface area contributed by atoms with E-state index >= 15 is 0 Å². The minimum absolute atomic E-state index is 0.717. The van der Waals surface area contributed by atoms with Crippen molar-refractivity contribution >= 4 is 0 Å². The fraction of sp³-hybridized carbons (Fsp3) is 0.400. The summed E-state index contributed by atoms with van der Waals surface area (Å²) in [4.78, 5) is 15.4. The molecule has 0 fully saturated rings. The van der Waals surface area contributed by atoms with Gasteiger partial charge >= 0.3 is 0 Å². The van der Waals surface area contributed by atoms with Gasteiger partial charge in [0.2, 0.25) is 5.88 Å². The quantitative estimate of drug-likeness (QED) is 0.845. The summed E-state index contributed by atoms with van der Waals surface area (Å²) in [6.07, 6.45) is 5.29. The molecule has 0 bridgehead atoms. The Hall–Kier alpha value is -2.01. The Morgan fingerprint density at radius 2 is 2.05 bits per heavy atom. The molecule has 5 heteroatoms. The molecule has 0 aliphatic carbocycles. The number of fused-ring (bicyclic) bond motifs is 1. The molecule has 2 aromatic rings. The van der Waals surface area contributed by atoms with E-state index in [1.165, 1.54) is 0 Å². The lowest BCUT2D eigenvalue weighted by Crippen LogP contribution is -2.26. The maximum Gasteiger partial charge on any atom is 0.219 e. The number of rotatable bonds is 3. The Morgan fingerprint density at radius 1 is 1.15 bits per heavy atom. The van der Waals surface area contributed by atoms with Crippen molar-refractivity contribution in [3.05, 3.63) is 47.7 Å². The normalized spacial score (nSPS) is 15.4. The highest BCUT2D eigenvalue weighted by atomic mass is 16.5. The van der Waals surface area contributed by atoms with Crippen LogP contribution in [-0.2, 0) is 19.4 Å². The first-order valence-corrected chi connectivity index (χ1v) is 6.86. The number of methoxy groups -OCH3 is 1. The Labute approximate surface area is 118 Å². The van der Waals surface area contributed by atoms with Gasteiger partial charge in [-0.05, 0) is 18.6 Å². The van der Waals surface area contributed by atoms with Crippen LogP contribution < -0.4 is 4.74 Å². The van der Waals surface area contributed by atoms with E-state index in [-0.39, 0.29) is 0 Å². The first-order chi connectivity index (χ1) is 9.86. The van der Waals surface area contributed by atoms with E-state index in [4.69, 9.17) is 4.74 Å². The molecule has 0 aromatic carbocycles. The third kappa shape index (κ3) is 2.77. The van der Waals surface area contributed by atoms with Crippen molar-refractivity contribution in [3.8, 4) is 5.88 Å². The average molecular weight is 270 g/mol. The van der Waals surface area contributed by atoms with Crippen molar-refractivity contribution in [2.24, 2.45) is 0 Å². The third-order valence-electron chi connectivity index (χ3n) is 3.64. The van der Waals surface area contributed by atoms with Gasteiger partial charge in [0, 0.05) is 37.8 Å². The highest BCUT2D eigenvalue weighted by molar-refractivity contribution is 5.31. The van der Waals surface area contributed by atoms with Crippen LogP contribution in [0.1, 0.15) is 17.0 Å². The minimum Gasteiger partial charge on any atom is -0.481 e. The van der Waals surface area contributed by atoms with Crippen molar-refractivity contribution in [1.82, 2.24) is 19.9 Å².